The molecule has 7 nitrogen and oxygen atoms in total. The third-order valence-corrected chi connectivity index (χ3v) is 11.0. The van der Waals surface area contributed by atoms with E-state index >= 15 is 0 Å². The van der Waals surface area contributed by atoms with Crippen molar-refractivity contribution in [3.05, 3.63) is 84.2 Å². The number of para-hydroxylation sites is 1. The Morgan fingerprint density at radius 1 is 1.00 bits per heavy atom. The molecule has 164 valence electrons. The van der Waals surface area contributed by atoms with Crippen molar-refractivity contribution in [2.75, 3.05) is 0 Å². The van der Waals surface area contributed by atoms with Crippen molar-refractivity contribution in [1.82, 2.24) is 14.3 Å². The topological polar surface area (TPSA) is 56.8 Å². The number of hydrogen-bond donors (Lipinski definition) is 0. The fourth-order valence-electron chi connectivity index (χ4n) is 6.85. The van der Waals surface area contributed by atoms with E-state index < -0.39 is 19.6 Å². The predicted molar refractivity (Wildman–Crippen MR) is 127 cm³/mol. The summed E-state index contributed by atoms with van der Waals surface area (Å²) in [6.45, 7) is 2.04. The standard InChI is InChI=1S/C27H15N5O2Se/c1-14-13-18-17-7-3-9-22-31(17)27(32(18)28-14)23-19(34-22)10-11-21-25(23)30-24-15(5-2-8-20(24)35(21)33)16-6-4-12-29(27)26(16)30/h2-13H,1H3/q+2. The van der Waals surface area contributed by atoms with Crippen LogP contribution in [0, 0.1) is 6.92 Å². The SMILES string of the molecule is Cc1cc2n(n1)C13c4c(ccc5c4-n4c6c(cccc6c6ccc[n+]1c64)[Se]5=O)Oc1cccc-2[n+]13. The fraction of sp³-hybridized carbons (Fsp3) is 0.0741. The van der Waals surface area contributed by atoms with E-state index in [1.165, 1.54) is 0 Å². The predicted octanol–water partition coefficient (Wildman–Crippen LogP) is 1.87. The molecule has 0 bridgehead atoms. The van der Waals surface area contributed by atoms with Gasteiger partial charge in [0.25, 0.3) is 0 Å². The Morgan fingerprint density at radius 2 is 1.89 bits per heavy atom. The minimum absolute atomic E-state index is 0.762. The molecule has 0 saturated heterocycles. The molecule has 2 aromatic carbocycles. The Bertz CT molecular complexity index is 2090. The van der Waals surface area contributed by atoms with Crippen LogP contribution < -0.4 is 22.8 Å². The Labute approximate surface area is 202 Å². The van der Waals surface area contributed by atoms with Crippen LogP contribution in [0.4, 0.5) is 0 Å². The van der Waals surface area contributed by atoms with Gasteiger partial charge in [-0.2, -0.15) is 0 Å². The van der Waals surface area contributed by atoms with E-state index in [-0.39, 0.29) is 0 Å². The molecule has 0 fully saturated rings. The third-order valence-electron chi connectivity index (χ3n) is 7.96. The summed E-state index contributed by atoms with van der Waals surface area (Å²) in [4.78, 5) is 0. The van der Waals surface area contributed by atoms with Crippen molar-refractivity contribution in [3.8, 4) is 28.7 Å². The normalized spacial score (nSPS) is 20.9. The number of aryl methyl sites for hydroxylation is 1. The zero-order chi connectivity index (χ0) is 22.8. The molecule has 8 heteroatoms. The Kier molecular flexibility index (Phi) is 2.52. The molecule has 8 heterocycles. The number of pyridine rings is 2. The summed E-state index contributed by atoms with van der Waals surface area (Å²) in [5, 5.41) is 7.34. The molecule has 4 aliphatic rings. The summed E-state index contributed by atoms with van der Waals surface area (Å²) >= 11 is -2.50. The fourth-order valence-corrected chi connectivity index (χ4v) is 9.74. The molecule has 0 radical (unpaired) electrons. The second-order valence-corrected chi connectivity index (χ2v) is 12.5. The van der Waals surface area contributed by atoms with E-state index in [9.17, 15) is 3.83 Å². The average Bonchev–Trinajstić information content (AvgIpc) is 3.51. The van der Waals surface area contributed by atoms with Crippen LogP contribution >= 0.6 is 0 Å². The monoisotopic (exact) mass is 521 g/mol. The van der Waals surface area contributed by atoms with Gasteiger partial charge >= 0.3 is 202 Å². The first-order valence-electron chi connectivity index (χ1n) is 11.6. The van der Waals surface area contributed by atoms with Crippen LogP contribution in [-0.2, 0) is 9.62 Å². The van der Waals surface area contributed by atoms with E-state index in [0.29, 0.717) is 0 Å². The molecule has 0 amide bonds. The van der Waals surface area contributed by atoms with Crippen molar-refractivity contribution >= 4 is 44.7 Å². The minimum atomic E-state index is -2.50. The molecule has 1 spiro atoms. The van der Waals surface area contributed by atoms with Gasteiger partial charge in [0.1, 0.15) is 0 Å². The van der Waals surface area contributed by atoms with E-state index in [1.807, 2.05) is 43.3 Å². The number of aromatic nitrogens is 5. The number of fused-ring (bicyclic) bond motifs is 3. The van der Waals surface area contributed by atoms with Crippen LogP contribution in [0.3, 0.4) is 0 Å². The summed E-state index contributed by atoms with van der Waals surface area (Å²) in [6, 6.07) is 22.8. The van der Waals surface area contributed by atoms with Gasteiger partial charge in [-0.3, -0.25) is 0 Å². The quantitative estimate of drug-likeness (QED) is 0.227. The van der Waals surface area contributed by atoms with E-state index in [2.05, 4.69) is 54.9 Å². The van der Waals surface area contributed by atoms with Gasteiger partial charge in [0.05, 0.1) is 0 Å². The Morgan fingerprint density at radius 3 is 2.83 bits per heavy atom. The average molecular weight is 520 g/mol. The van der Waals surface area contributed by atoms with Crippen molar-refractivity contribution in [1.29, 1.82) is 0 Å². The van der Waals surface area contributed by atoms with Crippen LogP contribution in [0.15, 0.2) is 72.9 Å². The molecule has 0 N–H and O–H groups in total. The number of benzene rings is 2. The van der Waals surface area contributed by atoms with Crippen molar-refractivity contribution in [2.45, 2.75) is 12.7 Å². The van der Waals surface area contributed by atoms with Gasteiger partial charge in [-0.25, -0.2) is 0 Å². The molecule has 0 aliphatic carbocycles. The summed E-state index contributed by atoms with van der Waals surface area (Å²) in [6.07, 6.45) is 2.15. The van der Waals surface area contributed by atoms with E-state index in [1.54, 1.807) is 0 Å². The zero-order valence-electron chi connectivity index (χ0n) is 18.4. The summed E-state index contributed by atoms with van der Waals surface area (Å²) in [7, 11) is 0. The summed E-state index contributed by atoms with van der Waals surface area (Å²) in [5.74, 6) is 0.706. The summed E-state index contributed by atoms with van der Waals surface area (Å²) < 4.78 is 31.5. The molecule has 2 unspecified atom stereocenters. The van der Waals surface area contributed by atoms with Crippen LogP contribution in [-0.4, -0.2) is 28.2 Å². The number of nitrogens with zero attached hydrogens (tertiary/aromatic N) is 5. The Hall–Kier alpha value is -4.13. The third kappa shape index (κ3) is 1.54. The van der Waals surface area contributed by atoms with Crippen molar-refractivity contribution < 1.29 is 17.7 Å². The van der Waals surface area contributed by atoms with Crippen LogP contribution in [0.1, 0.15) is 11.3 Å². The van der Waals surface area contributed by atoms with Gasteiger partial charge in [-0.15, -0.1) is 0 Å². The maximum absolute atomic E-state index is 14.1. The van der Waals surface area contributed by atoms with Gasteiger partial charge in [-0.1, -0.05) is 0 Å². The van der Waals surface area contributed by atoms with Gasteiger partial charge in [0.15, 0.2) is 0 Å². The van der Waals surface area contributed by atoms with Crippen molar-refractivity contribution in [3.63, 3.8) is 0 Å². The van der Waals surface area contributed by atoms with Gasteiger partial charge < -0.3 is 0 Å². The molecule has 0 saturated carbocycles. The van der Waals surface area contributed by atoms with Crippen LogP contribution in [0.2, 0.25) is 0 Å². The molecule has 35 heavy (non-hydrogen) atoms. The molecule has 4 aromatic heterocycles. The molecule has 4 aliphatic heterocycles. The van der Waals surface area contributed by atoms with Gasteiger partial charge in [0.2, 0.25) is 0 Å². The summed E-state index contributed by atoms with van der Waals surface area (Å²) in [5.41, 5.74) is 7.16. The van der Waals surface area contributed by atoms with Gasteiger partial charge in [-0.05, 0) is 0 Å². The molecular formula is C27H15N5O2Se+2. The van der Waals surface area contributed by atoms with Crippen LogP contribution in [0.5, 0.6) is 11.6 Å². The Balaban J connectivity index is 1.60. The second kappa shape index (κ2) is 5.10. The molecule has 6 aromatic rings. The number of ether oxygens (including phenoxy) is 1. The first-order valence-corrected chi connectivity index (χ1v) is 14.0. The molecule has 10 rings (SSSR count). The second-order valence-electron chi connectivity index (χ2n) is 9.56. The van der Waals surface area contributed by atoms with E-state index in [4.69, 9.17) is 9.84 Å². The maximum atomic E-state index is 14.1. The number of hydrogen-bond acceptors (Lipinski definition) is 3. The first kappa shape index (κ1) is 17.3. The molecule has 2 atom stereocenters. The molecular weight excluding hydrogens is 505 g/mol. The van der Waals surface area contributed by atoms with Gasteiger partial charge in [0, 0.05) is 0 Å². The first-order chi connectivity index (χ1) is 17.2. The number of rotatable bonds is 0. The van der Waals surface area contributed by atoms with Crippen molar-refractivity contribution in [2.24, 2.45) is 0 Å². The zero-order valence-corrected chi connectivity index (χ0v) is 20.1. The van der Waals surface area contributed by atoms with Crippen LogP contribution in [0.25, 0.3) is 39.0 Å². The van der Waals surface area contributed by atoms with E-state index in [0.717, 1.165) is 70.8 Å².